The van der Waals surface area contributed by atoms with Crippen LogP contribution in [0.4, 0.5) is 5.82 Å². The van der Waals surface area contributed by atoms with E-state index < -0.39 is 0 Å². The smallest absolute Gasteiger partial charge is 0.228 e. The summed E-state index contributed by atoms with van der Waals surface area (Å²) in [5, 5.41) is 9.39. The topological polar surface area (TPSA) is 105 Å². The van der Waals surface area contributed by atoms with Gasteiger partial charge in [0.1, 0.15) is 5.76 Å². The maximum Gasteiger partial charge on any atom is 0.228 e. The van der Waals surface area contributed by atoms with E-state index in [1.54, 1.807) is 17.9 Å². The number of aromatic nitrogens is 1. The van der Waals surface area contributed by atoms with Crippen molar-refractivity contribution in [2.24, 2.45) is 5.92 Å². The van der Waals surface area contributed by atoms with E-state index in [1.807, 2.05) is 30.3 Å². The molecule has 3 rings (SSSR count). The lowest BCUT2D eigenvalue weighted by Gasteiger charge is -2.32. The fourth-order valence-electron chi connectivity index (χ4n) is 3.53. The number of aryl methyl sites for hydroxylation is 1. The van der Waals surface area contributed by atoms with Crippen LogP contribution in [-0.2, 0) is 14.4 Å². The summed E-state index contributed by atoms with van der Waals surface area (Å²) in [6.07, 6.45) is 1.37. The minimum atomic E-state index is -0.363. The second-order valence-electron chi connectivity index (χ2n) is 7.34. The van der Waals surface area contributed by atoms with Crippen LogP contribution in [0.25, 0.3) is 0 Å². The SMILES string of the molecule is CC(=O)NC(CC(=O)N1CCC(C(=O)Nc2cc(C)on2)CC1)c1ccccc1. The first kappa shape index (κ1) is 20.6. The summed E-state index contributed by atoms with van der Waals surface area (Å²) in [4.78, 5) is 38.5. The number of nitrogens with one attached hydrogen (secondary N) is 2. The van der Waals surface area contributed by atoms with Crippen LogP contribution in [0.1, 0.15) is 43.6 Å². The third-order valence-corrected chi connectivity index (χ3v) is 5.06. The van der Waals surface area contributed by atoms with Gasteiger partial charge < -0.3 is 20.1 Å². The lowest BCUT2D eigenvalue weighted by molar-refractivity contribution is -0.135. The van der Waals surface area contributed by atoms with Crippen LogP contribution >= 0.6 is 0 Å². The molecule has 1 saturated heterocycles. The predicted molar refractivity (Wildman–Crippen MR) is 107 cm³/mol. The molecule has 8 nitrogen and oxygen atoms in total. The molecule has 2 aromatic rings. The van der Waals surface area contributed by atoms with E-state index in [2.05, 4.69) is 15.8 Å². The minimum Gasteiger partial charge on any atom is -0.360 e. The molecule has 1 aromatic heterocycles. The highest BCUT2D eigenvalue weighted by molar-refractivity contribution is 5.91. The van der Waals surface area contributed by atoms with Gasteiger partial charge in [-0.15, -0.1) is 0 Å². The Hall–Kier alpha value is -3.16. The number of anilines is 1. The number of piperidine rings is 1. The van der Waals surface area contributed by atoms with Gasteiger partial charge in [-0.05, 0) is 25.3 Å². The van der Waals surface area contributed by atoms with Gasteiger partial charge in [0, 0.05) is 32.0 Å². The second-order valence-corrected chi connectivity index (χ2v) is 7.34. The molecule has 0 bridgehead atoms. The summed E-state index contributed by atoms with van der Waals surface area (Å²) in [5.74, 6) is 0.561. The molecular formula is C21H26N4O4. The first-order valence-corrected chi connectivity index (χ1v) is 9.76. The highest BCUT2D eigenvalue weighted by Gasteiger charge is 2.29. The van der Waals surface area contributed by atoms with E-state index in [-0.39, 0.29) is 36.1 Å². The highest BCUT2D eigenvalue weighted by atomic mass is 16.5. The Bertz CT molecular complexity index is 857. The van der Waals surface area contributed by atoms with Crippen molar-refractivity contribution in [3.05, 3.63) is 47.7 Å². The molecule has 0 saturated carbocycles. The molecule has 1 aliphatic heterocycles. The normalized spacial score (nSPS) is 15.6. The van der Waals surface area contributed by atoms with Crippen molar-refractivity contribution >= 4 is 23.5 Å². The van der Waals surface area contributed by atoms with Gasteiger partial charge >= 0.3 is 0 Å². The quantitative estimate of drug-likeness (QED) is 0.778. The molecule has 1 fully saturated rings. The third kappa shape index (κ3) is 5.66. The van der Waals surface area contributed by atoms with Gasteiger partial charge in [0.15, 0.2) is 5.82 Å². The Morgan fingerprint density at radius 1 is 1.21 bits per heavy atom. The zero-order valence-corrected chi connectivity index (χ0v) is 16.7. The number of hydrogen-bond donors (Lipinski definition) is 2. The number of nitrogens with zero attached hydrogens (tertiary/aromatic N) is 2. The molecule has 8 heteroatoms. The molecule has 3 amide bonds. The van der Waals surface area contributed by atoms with Crippen molar-refractivity contribution < 1.29 is 18.9 Å². The molecule has 0 radical (unpaired) electrons. The van der Waals surface area contributed by atoms with E-state index >= 15 is 0 Å². The van der Waals surface area contributed by atoms with Crippen LogP contribution in [0.3, 0.4) is 0 Å². The summed E-state index contributed by atoms with van der Waals surface area (Å²) >= 11 is 0. The molecule has 29 heavy (non-hydrogen) atoms. The molecule has 2 N–H and O–H groups in total. The summed E-state index contributed by atoms with van der Waals surface area (Å²) in [6, 6.07) is 10.8. The Balaban J connectivity index is 1.53. The molecule has 0 spiro atoms. The second kappa shape index (κ2) is 9.36. The van der Waals surface area contributed by atoms with Crippen molar-refractivity contribution in [2.45, 2.75) is 39.2 Å². The number of hydrogen-bond acceptors (Lipinski definition) is 5. The van der Waals surface area contributed by atoms with Crippen molar-refractivity contribution in [3.8, 4) is 0 Å². The van der Waals surface area contributed by atoms with Crippen LogP contribution in [0.15, 0.2) is 40.9 Å². The molecule has 0 aliphatic carbocycles. The maximum absolute atomic E-state index is 12.8. The van der Waals surface area contributed by atoms with Gasteiger partial charge in [0.25, 0.3) is 0 Å². The molecule has 1 unspecified atom stereocenters. The van der Waals surface area contributed by atoms with Crippen LogP contribution in [0.2, 0.25) is 0 Å². The zero-order chi connectivity index (χ0) is 20.8. The van der Waals surface area contributed by atoms with Gasteiger partial charge in [0.2, 0.25) is 17.7 Å². The van der Waals surface area contributed by atoms with Crippen LogP contribution in [-0.4, -0.2) is 40.9 Å². The molecule has 1 aliphatic rings. The number of benzene rings is 1. The number of carbonyl (C=O) groups excluding carboxylic acids is 3. The van der Waals surface area contributed by atoms with E-state index in [0.29, 0.717) is 37.5 Å². The predicted octanol–water partition coefficient (Wildman–Crippen LogP) is 2.43. The molecule has 154 valence electrons. The fraction of sp³-hybridized carbons (Fsp3) is 0.429. The minimum absolute atomic E-state index is 0.0291. The van der Waals surface area contributed by atoms with E-state index in [9.17, 15) is 14.4 Å². The van der Waals surface area contributed by atoms with E-state index in [0.717, 1.165) is 5.56 Å². The first-order valence-electron chi connectivity index (χ1n) is 9.76. The van der Waals surface area contributed by atoms with Gasteiger partial charge in [-0.25, -0.2) is 0 Å². The lowest BCUT2D eigenvalue weighted by atomic mass is 9.95. The van der Waals surface area contributed by atoms with E-state index in [4.69, 9.17) is 4.52 Å². The number of rotatable bonds is 6. The average Bonchev–Trinajstić information content (AvgIpc) is 3.12. The standard InChI is InChI=1S/C21H26N4O4/c1-14-12-19(24-29-14)23-21(28)17-8-10-25(11-9-17)20(27)13-18(22-15(2)26)16-6-4-3-5-7-16/h3-7,12,17-18H,8-11,13H2,1-2H3,(H,22,26)(H,23,24,28). The van der Waals surface area contributed by atoms with Gasteiger partial charge in [-0.2, -0.15) is 0 Å². The summed E-state index contributed by atoms with van der Waals surface area (Å²) in [5.41, 5.74) is 0.896. The summed E-state index contributed by atoms with van der Waals surface area (Å²) < 4.78 is 4.95. The fourth-order valence-corrected chi connectivity index (χ4v) is 3.53. The Labute approximate surface area is 169 Å². The molecule has 1 atom stereocenters. The van der Waals surface area contributed by atoms with Crippen LogP contribution in [0, 0.1) is 12.8 Å². The largest absolute Gasteiger partial charge is 0.360 e. The van der Waals surface area contributed by atoms with Crippen molar-refractivity contribution in [3.63, 3.8) is 0 Å². The van der Waals surface area contributed by atoms with Crippen LogP contribution < -0.4 is 10.6 Å². The monoisotopic (exact) mass is 398 g/mol. The highest BCUT2D eigenvalue weighted by Crippen LogP contribution is 2.23. The Morgan fingerprint density at radius 3 is 2.48 bits per heavy atom. The maximum atomic E-state index is 12.8. The number of likely N-dealkylation sites (tertiary alicyclic amines) is 1. The molecular weight excluding hydrogens is 372 g/mol. The van der Waals surface area contributed by atoms with Crippen molar-refractivity contribution in [2.75, 3.05) is 18.4 Å². The zero-order valence-electron chi connectivity index (χ0n) is 16.7. The Kier molecular flexibility index (Phi) is 6.64. The first-order chi connectivity index (χ1) is 13.9. The number of amides is 3. The van der Waals surface area contributed by atoms with Gasteiger partial charge in [0.05, 0.1) is 12.5 Å². The van der Waals surface area contributed by atoms with E-state index in [1.165, 1.54) is 6.92 Å². The summed E-state index contributed by atoms with van der Waals surface area (Å²) in [6.45, 7) is 4.23. The van der Waals surface area contributed by atoms with Gasteiger partial charge in [-0.3, -0.25) is 14.4 Å². The third-order valence-electron chi connectivity index (χ3n) is 5.06. The van der Waals surface area contributed by atoms with Crippen molar-refractivity contribution in [1.29, 1.82) is 0 Å². The van der Waals surface area contributed by atoms with Crippen LogP contribution in [0.5, 0.6) is 0 Å². The Morgan fingerprint density at radius 2 is 1.90 bits per heavy atom. The van der Waals surface area contributed by atoms with Gasteiger partial charge in [-0.1, -0.05) is 35.5 Å². The molecule has 1 aromatic carbocycles. The molecule has 2 heterocycles. The lowest BCUT2D eigenvalue weighted by Crippen LogP contribution is -2.43. The summed E-state index contributed by atoms with van der Waals surface area (Å²) in [7, 11) is 0. The van der Waals surface area contributed by atoms with Crippen molar-refractivity contribution in [1.82, 2.24) is 15.4 Å². The number of carbonyl (C=O) groups is 3. The average molecular weight is 398 g/mol.